The van der Waals surface area contributed by atoms with Gasteiger partial charge in [-0.2, -0.15) is 0 Å². The van der Waals surface area contributed by atoms with Crippen LogP contribution in [0.5, 0.6) is 5.75 Å². The van der Waals surface area contributed by atoms with Crippen molar-refractivity contribution in [3.05, 3.63) is 58.9 Å². The van der Waals surface area contributed by atoms with Crippen LogP contribution in [0.4, 0.5) is 0 Å². The van der Waals surface area contributed by atoms with Gasteiger partial charge in [-0.25, -0.2) is 4.79 Å². The van der Waals surface area contributed by atoms with Crippen LogP contribution >= 0.6 is 0 Å². The largest absolute Gasteiger partial charge is 0.497 e. The molecule has 2 aliphatic rings. The Kier molecular flexibility index (Phi) is 4.17. The lowest BCUT2D eigenvalue weighted by Gasteiger charge is -2.17. The zero-order valence-corrected chi connectivity index (χ0v) is 16.2. The molecule has 29 heavy (non-hydrogen) atoms. The van der Waals surface area contributed by atoms with E-state index in [1.807, 2.05) is 36.5 Å². The van der Waals surface area contributed by atoms with Crippen LogP contribution in [-0.2, 0) is 12.8 Å². The molecule has 0 saturated heterocycles. The molecule has 3 aromatic rings. The molecule has 2 heterocycles. The highest BCUT2D eigenvalue weighted by atomic mass is 16.5. The first kappa shape index (κ1) is 17.9. The van der Waals surface area contributed by atoms with Crippen LogP contribution in [0, 0.1) is 5.92 Å². The molecule has 2 aromatic heterocycles. The summed E-state index contributed by atoms with van der Waals surface area (Å²) in [6, 6.07) is 9.56. The Labute approximate surface area is 168 Å². The number of carbonyl (C=O) groups is 1. The van der Waals surface area contributed by atoms with Crippen molar-refractivity contribution in [2.75, 3.05) is 7.11 Å². The van der Waals surface area contributed by atoms with Gasteiger partial charge in [0.15, 0.2) is 0 Å². The molecule has 0 bridgehead atoms. The predicted molar refractivity (Wildman–Crippen MR) is 110 cm³/mol. The van der Waals surface area contributed by atoms with E-state index in [-0.39, 0.29) is 6.04 Å². The number of rotatable bonds is 5. The zero-order chi connectivity index (χ0) is 20.1. The molecule has 1 atom stereocenters. The number of fused-ring (bicyclic) bond motifs is 3. The van der Waals surface area contributed by atoms with Gasteiger partial charge in [0.1, 0.15) is 5.75 Å². The van der Waals surface area contributed by atoms with E-state index in [0.717, 1.165) is 58.7 Å². The highest BCUT2D eigenvalue weighted by Gasteiger charge is 2.36. The van der Waals surface area contributed by atoms with Crippen molar-refractivity contribution in [3.8, 4) is 28.3 Å². The van der Waals surface area contributed by atoms with Crippen molar-refractivity contribution in [1.29, 1.82) is 0 Å². The minimum absolute atomic E-state index is 0.252. The van der Waals surface area contributed by atoms with Gasteiger partial charge in [-0.3, -0.25) is 4.98 Å². The van der Waals surface area contributed by atoms with Gasteiger partial charge >= 0.3 is 5.97 Å². The number of H-pyrrole nitrogens is 1. The minimum Gasteiger partial charge on any atom is -0.497 e. The molecule has 148 valence electrons. The van der Waals surface area contributed by atoms with Crippen LogP contribution < -0.4 is 10.5 Å². The van der Waals surface area contributed by atoms with Gasteiger partial charge in [0.25, 0.3) is 0 Å². The summed E-state index contributed by atoms with van der Waals surface area (Å²) < 4.78 is 5.23. The molecular formula is C23H23N3O3. The maximum atomic E-state index is 12.1. The second kappa shape index (κ2) is 6.74. The van der Waals surface area contributed by atoms with Crippen molar-refractivity contribution < 1.29 is 14.6 Å². The summed E-state index contributed by atoms with van der Waals surface area (Å²) in [6.07, 6.45) is 5.48. The molecule has 0 spiro atoms. The third-order valence-electron chi connectivity index (χ3n) is 6.10. The van der Waals surface area contributed by atoms with Gasteiger partial charge < -0.3 is 20.6 Å². The highest BCUT2D eigenvalue weighted by Crippen LogP contribution is 2.44. The standard InChI is InChI=1S/C23H23N3O3/c1-29-15-7-4-12(5-8-15)18-10-17-14(11-25-18)6-9-16-19(23(27)28)22(26-21(16)17)20(24)13-2-3-13/h4-5,7-8,10-11,13,20,26H,2-3,6,9,24H2,1H3,(H,27,28). The lowest BCUT2D eigenvalue weighted by molar-refractivity contribution is 0.0694. The summed E-state index contributed by atoms with van der Waals surface area (Å²) >= 11 is 0. The molecule has 0 amide bonds. The van der Waals surface area contributed by atoms with Crippen molar-refractivity contribution >= 4 is 5.97 Å². The smallest absolute Gasteiger partial charge is 0.337 e. The van der Waals surface area contributed by atoms with E-state index >= 15 is 0 Å². The normalized spacial score (nSPS) is 16.1. The van der Waals surface area contributed by atoms with Gasteiger partial charge in [-0.1, -0.05) is 0 Å². The number of carboxylic acids is 1. The van der Waals surface area contributed by atoms with Crippen LogP contribution in [0.1, 0.15) is 46.1 Å². The van der Waals surface area contributed by atoms with Crippen LogP contribution in [0.15, 0.2) is 36.5 Å². The number of aryl methyl sites for hydroxylation is 1. The quantitative estimate of drug-likeness (QED) is 0.613. The number of hydrogen-bond acceptors (Lipinski definition) is 4. The second-order valence-corrected chi connectivity index (χ2v) is 7.89. The number of pyridine rings is 1. The first-order chi connectivity index (χ1) is 14.1. The lowest BCUT2D eigenvalue weighted by Crippen LogP contribution is -2.17. The molecule has 6 nitrogen and oxygen atoms in total. The molecule has 1 aromatic carbocycles. The van der Waals surface area contributed by atoms with E-state index in [1.165, 1.54) is 0 Å². The number of benzene rings is 1. The Morgan fingerprint density at radius 3 is 2.69 bits per heavy atom. The zero-order valence-electron chi connectivity index (χ0n) is 16.2. The predicted octanol–water partition coefficient (Wildman–Crippen LogP) is 3.96. The molecule has 4 N–H and O–H groups in total. The van der Waals surface area contributed by atoms with E-state index in [1.54, 1.807) is 7.11 Å². The van der Waals surface area contributed by atoms with Crippen LogP contribution in [0.2, 0.25) is 0 Å². The maximum absolute atomic E-state index is 12.1. The van der Waals surface area contributed by atoms with E-state index in [0.29, 0.717) is 23.6 Å². The molecule has 1 unspecified atom stereocenters. The molecule has 1 fully saturated rings. The summed E-state index contributed by atoms with van der Waals surface area (Å²) in [5.41, 5.74) is 13.2. The monoisotopic (exact) mass is 389 g/mol. The number of ether oxygens (including phenoxy) is 1. The highest BCUT2D eigenvalue weighted by molar-refractivity contribution is 5.95. The fourth-order valence-electron chi connectivity index (χ4n) is 4.32. The number of aromatic nitrogens is 2. The molecule has 5 rings (SSSR count). The van der Waals surface area contributed by atoms with Crippen LogP contribution in [-0.4, -0.2) is 28.2 Å². The fraction of sp³-hybridized carbons (Fsp3) is 0.304. The molecule has 2 aliphatic carbocycles. The topological polar surface area (TPSA) is 101 Å². The lowest BCUT2D eigenvalue weighted by atomic mass is 9.88. The summed E-state index contributed by atoms with van der Waals surface area (Å²) in [5, 5.41) is 9.89. The number of aromatic amines is 1. The van der Waals surface area contributed by atoms with Crippen molar-refractivity contribution in [1.82, 2.24) is 9.97 Å². The first-order valence-corrected chi connectivity index (χ1v) is 9.94. The Morgan fingerprint density at radius 2 is 2.03 bits per heavy atom. The molecule has 1 saturated carbocycles. The summed E-state index contributed by atoms with van der Waals surface area (Å²) in [6.45, 7) is 0. The fourth-order valence-corrected chi connectivity index (χ4v) is 4.32. The Balaban J connectivity index is 1.62. The molecule has 0 radical (unpaired) electrons. The van der Waals surface area contributed by atoms with Crippen molar-refractivity contribution in [2.45, 2.75) is 31.7 Å². The van der Waals surface area contributed by atoms with E-state index in [4.69, 9.17) is 10.5 Å². The van der Waals surface area contributed by atoms with Gasteiger partial charge in [-0.05, 0) is 73.1 Å². The third kappa shape index (κ3) is 3.00. The molecule has 6 heteroatoms. The van der Waals surface area contributed by atoms with Gasteiger partial charge in [-0.15, -0.1) is 0 Å². The molecule has 0 aliphatic heterocycles. The number of nitrogens with zero attached hydrogens (tertiary/aromatic N) is 1. The maximum Gasteiger partial charge on any atom is 0.337 e. The number of aromatic carboxylic acids is 1. The number of carboxylic acid groups (broad SMARTS) is 1. The number of nitrogens with one attached hydrogen (secondary N) is 1. The van der Waals surface area contributed by atoms with Crippen molar-refractivity contribution in [2.24, 2.45) is 11.7 Å². The van der Waals surface area contributed by atoms with Crippen molar-refractivity contribution in [3.63, 3.8) is 0 Å². The summed E-state index contributed by atoms with van der Waals surface area (Å²) in [7, 11) is 1.64. The number of methoxy groups -OCH3 is 1. The Bertz CT molecular complexity index is 1100. The average molecular weight is 389 g/mol. The van der Waals surface area contributed by atoms with Gasteiger partial charge in [0.05, 0.1) is 24.1 Å². The van der Waals surface area contributed by atoms with Gasteiger partial charge in [0.2, 0.25) is 0 Å². The van der Waals surface area contributed by atoms with E-state index in [9.17, 15) is 9.90 Å². The first-order valence-electron chi connectivity index (χ1n) is 9.94. The number of nitrogens with two attached hydrogens (primary N) is 1. The average Bonchev–Trinajstić information content (AvgIpc) is 3.51. The van der Waals surface area contributed by atoms with E-state index in [2.05, 4.69) is 9.97 Å². The summed E-state index contributed by atoms with van der Waals surface area (Å²) in [4.78, 5) is 20.1. The summed E-state index contributed by atoms with van der Waals surface area (Å²) in [5.74, 6) is 0.268. The minimum atomic E-state index is -0.901. The van der Waals surface area contributed by atoms with Crippen LogP contribution in [0.3, 0.4) is 0 Å². The Hall–Kier alpha value is -3.12. The van der Waals surface area contributed by atoms with Crippen LogP contribution in [0.25, 0.3) is 22.5 Å². The third-order valence-corrected chi connectivity index (χ3v) is 6.10. The SMILES string of the molecule is COc1ccc(-c2cc3c(cn2)CCc2c-3[nH]c(C(N)C3CC3)c2C(=O)O)cc1. The van der Waals surface area contributed by atoms with Gasteiger partial charge in [0, 0.05) is 29.1 Å². The van der Waals surface area contributed by atoms with E-state index < -0.39 is 5.97 Å². The Morgan fingerprint density at radius 1 is 1.28 bits per heavy atom. The molecular weight excluding hydrogens is 366 g/mol. The second-order valence-electron chi connectivity index (χ2n) is 7.89. The number of hydrogen-bond donors (Lipinski definition) is 3.